The van der Waals surface area contributed by atoms with Crippen LogP contribution >= 0.6 is 0 Å². The summed E-state index contributed by atoms with van der Waals surface area (Å²) in [7, 11) is -3.38. The Balaban J connectivity index is 2.18. The maximum Gasteiger partial charge on any atom is 0.340 e. The predicted molar refractivity (Wildman–Crippen MR) is 64.9 cm³/mol. The zero-order valence-corrected chi connectivity index (χ0v) is 10.2. The highest BCUT2D eigenvalue weighted by Gasteiger charge is 2.25. The molecule has 2 rings (SSSR count). The van der Waals surface area contributed by atoms with E-state index < -0.39 is 16.0 Å². The highest BCUT2D eigenvalue weighted by Crippen LogP contribution is 2.16. The molecular weight excluding hydrogens is 256 g/mol. The maximum atomic E-state index is 11.5. The van der Waals surface area contributed by atoms with Crippen molar-refractivity contribution in [1.29, 1.82) is 0 Å². The first-order valence-electron chi connectivity index (χ1n) is 5.11. The smallest absolute Gasteiger partial charge is 0.340 e. The molecule has 0 aromatic carbocycles. The minimum absolute atomic E-state index is 0.0759. The van der Waals surface area contributed by atoms with Gasteiger partial charge in [0.2, 0.25) is 0 Å². The lowest BCUT2D eigenvalue weighted by Crippen LogP contribution is -2.37. The minimum atomic E-state index is -3.38. The number of amidine groups is 1. The van der Waals surface area contributed by atoms with E-state index in [1.807, 2.05) is 0 Å². The van der Waals surface area contributed by atoms with Gasteiger partial charge in [-0.3, -0.25) is 0 Å². The number of sulfonamides is 1. The summed E-state index contributed by atoms with van der Waals surface area (Å²) in [5, 5.41) is 0. The molecular formula is C11H10N2O4S. The maximum absolute atomic E-state index is 11.5. The zero-order chi connectivity index (χ0) is 13.2. The van der Waals surface area contributed by atoms with E-state index >= 15 is 0 Å². The van der Waals surface area contributed by atoms with Crippen molar-refractivity contribution < 1.29 is 17.9 Å². The Kier molecular flexibility index (Phi) is 3.21. The van der Waals surface area contributed by atoms with Gasteiger partial charge >= 0.3 is 5.97 Å². The summed E-state index contributed by atoms with van der Waals surface area (Å²) in [6, 6.07) is 0. The average molecular weight is 266 g/mol. The molecule has 0 saturated heterocycles. The molecule has 2 heterocycles. The summed E-state index contributed by atoms with van der Waals surface area (Å²) < 4.78 is 30.9. The molecule has 6 nitrogen and oxygen atoms in total. The first-order chi connectivity index (χ1) is 8.52. The Morgan fingerprint density at radius 1 is 1.56 bits per heavy atom. The molecule has 0 atom stereocenters. The summed E-state index contributed by atoms with van der Waals surface area (Å²) >= 11 is 0. The van der Waals surface area contributed by atoms with E-state index in [9.17, 15) is 13.2 Å². The van der Waals surface area contributed by atoms with E-state index in [4.69, 9.17) is 11.2 Å². The van der Waals surface area contributed by atoms with Crippen molar-refractivity contribution in [2.45, 2.75) is 0 Å². The van der Waals surface area contributed by atoms with Gasteiger partial charge < -0.3 is 9.64 Å². The summed E-state index contributed by atoms with van der Waals surface area (Å²) in [6.07, 6.45) is 9.40. The van der Waals surface area contributed by atoms with Crippen LogP contribution < -0.4 is 0 Å². The molecule has 0 amide bonds. The van der Waals surface area contributed by atoms with E-state index in [0.717, 1.165) is 0 Å². The second-order valence-electron chi connectivity index (χ2n) is 3.63. The Bertz CT molecular complexity index is 607. The van der Waals surface area contributed by atoms with Crippen LogP contribution in [0.15, 0.2) is 28.3 Å². The normalized spacial score (nSPS) is 20.3. The lowest BCUT2D eigenvalue weighted by molar-refractivity contribution is -0.137. The summed E-state index contributed by atoms with van der Waals surface area (Å²) in [5.41, 5.74) is 0.309. The van der Waals surface area contributed by atoms with Crippen LogP contribution in [0.5, 0.6) is 0 Å². The van der Waals surface area contributed by atoms with Gasteiger partial charge in [-0.15, -0.1) is 10.8 Å². The van der Waals surface area contributed by atoms with Crippen molar-refractivity contribution in [3.05, 3.63) is 23.9 Å². The van der Waals surface area contributed by atoms with E-state index in [2.05, 4.69) is 10.3 Å². The minimum Gasteiger partial charge on any atom is -0.449 e. The van der Waals surface area contributed by atoms with E-state index in [-0.39, 0.29) is 18.9 Å². The van der Waals surface area contributed by atoms with Gasteiger partial charge in [0.15, 0.2) is 6.61 Å². The fraction of sp³-hybridized carbons (Fsp3) is 0.273. The highest BCUT2D eigenvalue weighted by atomic mass is 32.2. The number of ether oxygens (including phenoxy) is 1. The van der Waals surface area contributed by atoms with Gasteiger partial charge in [-0.25, -0.2) is 13.2 Å². The molecule has 2 aliphatic rings. The molecule has 2 aliphatic heterocycles. The van der Waals surface area contributed by atoms with Crippen LogP contribution in [0.2, 0.25) is 0 Å². The molecule has 0 aliphatic carbocycles. The van der Waals surface area contributed by atoms with Crippen molar-refractivity contribution in [2.75, 3.05) is 18.9 Å². The van der Waals surface area contributed by atoms with E-state index in [0.29, 0.717) is 11.4 Å². The molecule has 0 unspecified atom stereocenters. The molecule has 0 aromatic rings. The molecule has 18 heavy (non-hydrogen) atoms. The first kappa shape index (κ1) is 12.4. The van der Waals surface area contributed by atoms with E-state index in [1.54, 1.807) is 4.90 Å². The van der Waals surface area contributed by atoms with Gasteiger partial charge in [-0.2, -0.15) is 0 Å². The summed E-state index contributed by atoms with van der Waals surface area (Å²) in [5.74, 6) is 1.87. The average Bonchev–Trinajstić information content (AvgIpc) is 2.34. The number of nitrogens with zero attached hydrogens (tertiary/aromatic N) is 2. The Morgan fingerprint density at radius 3 is 3.06 bits per heavy atom. The number of esters is 1. The molecule has 0 saturated carbocycles. The van der Waals surface area contributed by atoms with Gasteiger partial charge in [0.25, 0.3) is 10.0 Å². The fourth-order valence-electron chi connectivity index (χ4n) is 1.51. The van der Waals surface area contributed by atoms with Crippen LogP contribution in [0.4, 0.5) is 0 Å². The zero-order valence-electron chi connectivity index (χ0n) is 9.37. The number of fused-ring (bicyclic) bond motifs is 1. The number of hydrogen-bond acceptors (Lipinski definition) is 5. The number of terminal acetylenes is 1. The molecule has 0 fully saturated rings. The largest absolute Gasteiger partial charge is 0.449 e. The first-order valence-corrected chi connectivity index (χ1v) is 6.72. The van der Waals surface area contributed by atoms with Crippen LogP contribution in [-0.2, 0) is 19.6 Å². The van der Waals surface area contributed by atoms with Gasteiger partial charge in [0.05, 0.1) is 11.3 Å². The molecule has 94 valence electrons. The second kappa shape index (κ2) is 4.66. The van der Waals surface area contributed by atoms with Crippen molar-refractivity contribution in [2.24, 2.45) is 4.40 Å². The van der Waals surface area contributed by atoms with Gasteiger partial charge in [-0.05, 0) is 12.2 Å². The third-order valence-electron chi connectivity index (χ3n) is 2.35. The Labute approximate surface area is 105 Å². The van der Waals surface area contributed by atoms with Crippen LogP contribution in [0, 0.1) is 12.3 Å². The van der Waals surface area contributed by atoms with Crippen molar-refractivity contribution >= 4 is 21.8 Å². The third kappa shape index (κ3) is 2.60. The molecule has 0 N–H and O–H groups in total. The third-order valence-corrected chi connectivity index (χ3v) is 3.51. The quantitative estimate of drug-likeness (QED) is 0.505. The van der Waals surface area contributed by atoms with Crippen LogP contribution in [0.3, 0.4) is 0 Å². The van der Waals surface area contributed by atoms with Crippen LogP contribution in [0.1, 0.15) is 0 Å². The molecule has 0 aromatic heterocycles. The standard InChI is InChI=1S/C11H10N2O4S/c1-2-6-17-11(14)9-3-4-10-12-18(15,16)7-5-13(10)8-9/h1,3-4,8H,5-7H2. The van der Waals surface area contributed by atoms with Gasteiger partial charge in [-0.1, -0.05) is 5.92 Å². The summed E-state index contributed by atoms with van der Waals surface area (Å²) in [6.45, 7) is 0.163. The van der Waals surface area contributed by atoms with Crippen LogP contribution in [0.25, 0.3) is 0 Å². The SMILES string of the molecule is C#CCOC(=O)C1=CN2CCS(=O)(=O)N=C2C=C1. The summed E-state index contributed by atoms with van der Waals surface area (Å²) in [4.78, 5) is 13.1. The lowest BCUT2D eigenvalue weighted by Gasteiger charge is -2.26. The molecule has 0 spiro atoms. The van der Waals surface area contributed by atoms with Crippen LogP contribution in [-0.4, -0.2) is 44.0 Å². The van der Waals surface area contributed by atoms with Crippen molar-refractivity contribution in [3.63, 3.8) is 0 Å². The second-order valence-corrected chi connectivity index (χ2v) is 5.38. The Hall–Kier alpha value is -2.07. The Morgan fingerprint density at radius 2 is 2.33 bits per heavy atom. The lowest BCUT2D eigenvalue weighted by atomic mass is 10.2. The van der Waals surface area contributed by atoms with Crippen molar-refractivity contribution in [3.8, 4) is 12.3 Å². The number of rotatable bonds is 2. The van der Waals surface area contributed by atoms with Gasteiger partial charge in [0, 0.05) is 12.7 Å². The van der Waals surface area contributed by atoms with Crippen molar-refractivity contribution in [1.82, 2.24) is 4.90 Å². The number of carbonyl (C=O) groups excluding carboxylic acids is 1. The number of carbonyl (C=O) groups is 1. The highest BCUT2D eigenvalue weighted by molar-refractivity contribution is 7.90. The monoisotopic (exact) mass is 266 g/mol. The molecule has 0 bridgehead atoms. The predicted octanol–water partition coefficient (Wildman–Crippen LogP) is -0.340. The molecule has 7 heteroatoms. The topological polar surface area (TPSA) is 76.0 Å². The van der Waals surface area contributed by atoms with E-state index in [1.165, 1.54) is 18.4 Å². The van der Waals surface area contributed by atoms with Gasteiger partial charge in [0.1, 0.15) is 5.84 Å². The molecule has 0 radical (unpaired) electrons. The number of hydrogen-bond donors (Lipinski definition) is 0. The fourth-order valence-corrected chi connectivity index (χ4v) is 2.48.